The van der Waals surface area contributed by atoms with Crippen LogP contribution in [0.2, 0.25) is 0 Å². The van der Waals surface area contributed by atoms with Crippen molar-refractivity contribution in [2.75, 3.05) is 25.7 Å². The average molecular weight is 384 g/mol. The largest absolute Gasteiger partial charge is 0.467 e. The zero-order chi connectivity index (χ0) is 19.9. The minimum Gasteiger partial charge on any atom is -0.467 e. The Morgan fingerprint density at radius 2 is 1.96 bits per heavy atom. The molecule has 2 aliphatic heterocycles. The Morgan fingerprint density at radius 1 is 1.26 bits per heavy atom. The van der Waals surface area contributed by atoms with Crippen LogP contribution in [-0.4, -0.2) is 65.8 Å². The van der Waals surface area contributed by atoms with E-state index in [4.69, 9.17) is 9.47 Å². The minimum atomic E-state index is -3.09. The van der Waals surface area contributed by atoms with Gasteiger partial charge in [0.1, 0.15) is 23.9 Å². The maximum atomic E-state index is 13.7. The first-order valence-electron chi connectivity index (χ1n) is 8.60. The summed E-state index contributed by atoms with van der Waals surface area (Å²) >= 11 is 0. The fraction of sp³-hybridized carbons (Fsp3) is 0.647. The first-order chi connectivity index (χ1) is 12.7. The van der Waals surface area contributed by atoms with Crippen LogP contribution in [0.4, 0.5) is 19.4 Å². The van der Waals surface area contributed by atoms with Crippen molar-refractivity contribution in [2.45, 2.75) is 44.3 Å². The predicted octanol–water partition coefficient (Wildman–Crippen LogP) is 1.80. The number of esters is 1. The van der Waals surface area contributed by atoms with Gasteiger partial charge in [-0.1, -0.05) is 0 Å². The Labute approximate surface area is 155 Å². The first kappa shape index (κ1) is 19.2. The van der Waals surface area contributed by atoms with E-state index in [0.29, 0.717) is 18.8 Å². The minimum absolute atomic E-state index is 0.228. The van der Waals surface area contributed by atoms with Gasteiger partial charge in [0.25, 0.3) is 5.92 Å². The van der Waals surface area contributed by atoms with Gasteiger partial charge in [0.2, 0.25) is 0 Å². The van der Waals surface area contributed by atoms with E-state index in [0.717, 1.165) is 13.3 Å². The molecule has 0 radical (unpaired) electrons. The summed E-state index contributed by atoms with van der Waals surface area (Å²) < 4.78 is 37.0. The molecular weight excluding hydrogens is 362 g/mol. The van der Waals surface area contributed by atoms with Crippen LogP contribution in [0.15, 0.2) is 12.4 Å². The van der Waals surface area contributed by atoms with Crippen LogP contribution >= 0.6 is 0 Å². The van der Waals surface area contributed by atoms with Gasteiger partial charge in [0, 0.05) is 31.5 Å². The van der Waals surface area contributed by atoms with Crippen LogP contribution in [-0.2, 0) is 20.2 Å². The maximum Gasteiger partial charge on any atom is 0.410 e. The van der Waals surface area contributed by atoms with Gasteiger partial charge in [-0.3, -0.25) is 4.90 Å². The van der Waals surface area contributed by atoms with Crippen molar-refractivity contribution in [2.24, 2.45) is 5.92 Å². The molecular formula is C17H22F2N4O4. The predicted molar refractivity (Wildman–Crippen MR) is 90.4 cm³/mol. The van der Waals surface area contributed by atoms with Crippen molar-refractivity contribution < 1.29 is 27.8 Å². The zero-order valence-corrected chi connectivity index (χ0v) is 15.6. The second-order valence-corrected chi connectivity index (χ2v) is 6.94. The van der Waals surface area contributed by atoms with E-state index < -0.39 is 24.0 Å². The molecule has 1 amide bonds. The third kappa shape index (κ3) is 3.28. The fourth-order valence-electron chi connectivity index (χ4n) is 4.06. The number of likely N-dealkylation sites (tertiary alicyclic amines) is 1. The summed E-state index contributed by atoms with van der Waals surface area (Å²) in [5, 5.41) is 0. The molecule has 2 aliphatic rings. The van der Waals surface area contributed by atoms with Crippen LogP contribution in [0.1, 0.15) is 26.0 Å². The number of hydrogen-bond donors (Lipinski definition) is 0. The van der Waals surface area contributed by atoms with E-state index >= 15 is 0 Å². The van der Waals surface area contributed by atoms with Gasteiger partial charge in [-0.15, -0.1) is 0 Å². The molecule has 10 heteroatoms. The summed E-state index contributed by atoms with van der Waals surface area (Å²) in [7, 11) is 2.52. The van der Waals surface area contributed by atoms with Gasteiger partial charge >= 0.3 is 12.1 Å². The van der Waals surface area contributed by atoms with E-state index in [1.54, 1.807) is 0 Å². The number of nitrogens with zero attached hydrogens (tertiary/aromatic N) is 4. The van der Waals surface area contributed by atoms with Gasteiger partial charge < -0.3 is 14.4 Å². The maximum absolute atomic E-state index is 13.7. The Kier molecular flexibility index (Phi) is 4.92. The highest BCUT2D eigenvalue weighted by Crippen LogP contribution is 2.41. The van der Waals surface area contributed by atoms with Crippen molar-refractivity contribution in [1.82, 2.24) is 14.9 Å². The number of anilines is 1. The molecule has 1 unspecified atom stereocenters. The molecule has 8 nitrogen and oxygen atoms in total. The number of carbonyl (C=O) groups excluding carboxylic acids is 2. The van der Waals surface area contributed by atoms with Crippen LogP contribution in [0.25, 0.3) is 0 Å². The van der Waals surface area contributed by atoms with Gasteiger partial charge in [-0.05, 0) is 13.3 Å². The number of hydrogen-bond acceptors (Lipinski definition) is 7. The summed E-state index contributed by atoms with van der Waals surface area (Å²) in [6, 6.07) is -0.0884. The Balaban J connectivity index is 1.97. The van der Waals surface area contributed by atoms with E-state index in [1.165, 1.54) is 25.2 Å². The smallest absolute Gasteiger partial charge is 0.410 e. The Bertz CT molecular complexity index is 742. The van der Waals surface area contributed by atoms with Crippen molar-refractivity contribution in [3.8, 4) is 0 Å². The molecule has 2 bridgehead atoms. The number of halogens is 2. The monoisotopic (exact) mass is 384 g/mol. The molecule has 27 heavy (non-hydrogen) atoms. The van der Waals surface area contributed by atoms with Crippen LogP contribution < -0.4 is 4.90 Å². The number of carbonyl (C=O) groups is 2. The lowest BCUT2D eigenvalue weighted by Gasteiger charge is -2.38. The summed E-state index contributed by atoms with van der Waals surface area (Å²) in [6.07, 6.45) is 1.07. The van der Waals surface area contributed by atoms with E-state index in [2.05, 4.69) is 9.97 Å². The number of ether oxygens (including phenoxy) is 2. The number of piperidine rings is 1. The average Bonchev–Trinajstić information content (AvgIpc) is 2.97. The van der Waals surface area contributed by atoms with Crippen LogP contribution in [0.5, 0.6) is 0 Å². The molecule has 0 spiro atoms. The second kappa shape index (κ2) is 6.90. The summed E-state index contributed by atoms with van der Waals surface area (Å²) in [6.45, 7) is 2.99. The standard InChI is InChI=1S/C17H22F2N4O4/c1-9-11-5-10(23(16(25)27-4)14(11)15(24)26-3)7-22(9)13-6-12(17(2,18)19)20-8-21-13/h6,8-11,14H,5,7H2,1-4H3/t9?,10-,11+,14-/m1/s1. The lowest BCUT2D eigenvalue weighted by molar-refractivity contribution is -0.146. The SMILES string of the molecule is COC(=O)[C@H]1[C@H]2C[C@H](CN(c3cc(C(C)(F)F)ncn3)C2C)N1C(=O)OC. The molecule has 2 saturated heterocycles. The van der Waals surface area contributed by atoms with Crippen molar-refractivity contribution in [3.05, 3.63) is 18.1 Å². The van der Waals surface area contributed by atoms with Gasteiger partial charge in [-0.2, -0.15) is 8.78 Å². The van der Waals surface area contributed by atoms with Gasteiger partial charge in [-0.25, -0.2) is 19.6 Å². The molecule has 3 heterocycles. The van der Waals surface area contributed by atoms with Crippen LogP contribution in [0, 0.1) is 5.92 Å². The Hall–Kier alpha value is -2.52. The molecule has 3 rings (SSSR count). The van der Waals surface area contributed by atoms with E-state index in [1.807, 2.05) is 11.8 Å². The van der Waals surface area contributed by atoms with Crippen molar-refractivity contribution >= 4 is 17.9 Å². The zero-order valence-electron chi connectivity index (χ0n) is 15.6. The molecule has 4 atom stereocenters. The molecule has 1 aromatic rings. The second-order valence-electron chi connectivity index (χ2n) is 6.94. The van der Waals surface area contributed by atoms with E-state index in [9.17, 15) is 18.4 Å². The van der Waals surface area contributed by atoms with Gasteiger partial charge in [0.05, 0.1) is 20.3 Å². The number of amides is 1. The normalized spacial score (nSPS) is 27.5. The number of fused-ring (bicyclic) bond motifs is 2. The van der Waals surface area contributed by atoms with Gasteiger partial charge in [0.15, 0.2) is 0 Å². The molecule has 0 aliphatic carbocycles. The quantitative estimate of drug-likeness (QED) is 0.735. The summed E-state index contributed by atoms with van der Waals surface area (Å²) in [5.74, 6) is -3.53. The third-order valence-corrected chi connectivity index (χ3v) is 5.39. The van der Waals surface area contributed by atoms with Crippen molar-refractivity contribution in [3.63, 3.8) is 0 Å². The lowest BCUT2D eigenvalue weighted by Crippen LogP contribution is -2.48. The number of rotatable bonds is 3. The fourth-order valence-corrected chi connectivity index (χ4v) is 4.06. The van der Waals surface area contributed by atoms with Crippen molar-refractivity contribution in [1.29, 1.82) is 0 Å². The molecule has 1 aromatic heterocycles. The number of methoxy groups -OCH3 is 2. The van der Waals surface area contributed by atoms with Crippen LogP contribution in [0.3, 0.4) is 0 Å². The van der Waals surface area contributed by atoms with E-state index in [-0.39, 0.29) is 23.7 Å². The lowest BCUT2D eigenvalue weighted by atomic mass is 9.87. The Morgan fingerprint density at radius 3 is 2.56 bits per heavy atom. The summed E-state index contributed by atoms with van der Waals surface area (Å²) in [5.41, 5.74) is -0.382. The molecule has 2 fully saturated rings. The molecule has 148 valence electrons. The topological polar surface area (TPSA) is 84.9 Å². The highest BCUT2D eigenvalue weighted by molar-refractivity contribution is 5.83. The highest BCUT2D eigenvalue weighted by Gasteiger charge is 2.55. The highest BCUT2D eigenvalue weighted by atomic mass is 19.3. The third-order valence-electron chi connectivity index (χ3n) is 5.39. The molecule has 0 saturated carbocycles. The number of aromatic nitrogens is 2. The molecule has 0 N–H and O–H groups in total. The summed E-state index contributed by atoms with van der Waals surface area (Å²) in [4.78, 5) is 35.6. The first-order valence-corrected chi connectivity index (χ1v) is 8.60. The molecule has 0 aromatic carbocycles. The number of alkyl halides is 2.